The Balaban J connectivity index is 1.94. The second kappa shape index (κ2) is 7.07. The molecule has 146 valence electrons. The molecule has 1 unspecified atom stereocenters. The Labute approximate surface area is 169 Å². The Morgan fingerprint density at radius 2 is 2.15 bits per heavy atom. The van der Waals surface area contributed by atoms with Gasteiger partial charge in [-0.05, 0) is 36.3 Å². The molecule has 2 N–H and O–H groups in total. The minimum absolute atomic E-state index is 0.125. The Morgan fingerprint density at radius 3 is 2.78 bits per heavy atom. The molecule has 0 saturated carbocycles. The van der Waals surface area contributed by atoms with E-state index in [1.165, 1.54) is 0 Å². The number of hydrogen-bond donors (Lipinski definition) is 1. The van der Waals surface area contributed by atoms with Gasteiger partial charge in [-0.2, -0.15) is 0 Å². The number of imidazole rings is 1. The normalized spacial score (nSPS) is 16.9. The monoisotopic (exact) mass is 451 g/mol. The summed E-state index contributed by atoms with van der Waals surface area (Å²) in [5.41, 5.74) is 6.52. The predicted molar refractivity (Wildman–Crippen MR) is 111 cm³/mol. The van der Waals surface area contributed by atoms with Crippen molar-refractivity contribution in [2.24, 2.45) is 5.73 Å². The first-order valence-electron chi connectivity index (χ1n) is 8.95. The van der Waals surface area contributed by atoms with Crippen molar-refractivity contribution in [1.29, 1.82) is 0 Å². The average molecular weight is 452 g/mol. The number of nitrogens with two attached hydrogens (primary N) is 1. The van der Waals surface area contributed by atoms with Crippen LogP contribution in [0.1, 0.15) is 31.3 Å². The van der Waals surface area contributed by atoms with Gasteiger partial charge in [-0.15, -0.1) is 0 Å². The van der Waals surface area contributed by atoms with Gasteiger partial charge in [0.05, 0.1) is 18.7 Å². The van der Waals surface area contributed by atoms with Crippen LogP contribution in [0.4, 0.5) is 0 Å². The van der Waals surface area contributed by atoms with E-state index in [0.29, 0.717) is 19.0 Å². The largest absolute Gasteiger partial charge is 0.485 e. The molecule has 1 atom stereocenters. The molecule has 0 aliphatic carbocycles. The Hall–Kier alpha value is -1.64. The van der Waals surface area contributed by atoms with E-state index in [0.717, 1.165) is 15.8 Å². The third kappa shape index (κ3) is 4.12. The highest BCUT2D eigenvalue weighted by Crippen LogP contribution is 2.38. The van der Waals surface area contributed by atoms with Gasteiger partial charge in [0, 0.05) is 10.7 Å². The molecule has 8 heteroatoms. The zero-order valence-corrected chi connectivity index (χ0v) is 19.0. The smallest absolute Gasteiger partial charge is 0.268 e. The van der Waals surface area contributed by atoms with Crippen molar-refractivity contribution in [3.8, 4) is 17.1 Å². The van der Waals surface area contributed by atoms with Gasteiger partial charge in [-0.3, -0.25) is 4.79 Å². The van der Waals surface area contributed by atoms with Crippen LogP contribution in [0, 0.1) is 0 Å². The van der Waals surface area contributed by atoms with Gasteiger partial charge in [0.2, 0.25) is 0 Å². The van der Waals surface area contributed by atoms with Gasteiger partial charge in [-0.25, -0.2) is 4.98 Å². The predicted octanol–water partition coefficient (Wildman–Crippen LogP) is 4.19. The third-order valence-electron chi connectivity index (χ3n) is 5.34. The zero-order valence-electron chi connectivity index (χ0n) is 16.4. The second-order valence-corrected chi connectivity index (χ2v) is 14.1. The lowest BCUT2D eigenvalue weighted by molar-refractivity contribution is 0.0994. The molecule has 6 nitrogen and oxygen atoms in total. The molecule has 3 rings (SSSR count). The van der Waals surface area contributed by atoms with Crippen molar-refractivity contribution < 1.29 is 14.0 Å². The first kappa shape index (κ1) is 20.1. The molecule has 1 aliphatic heterocycles. The van der Waals surface area contributed by atoms with Crippen molar-refractivity contribution in [2.75, 3.05) is 6.61 Å². The number of primary amides is 1. The van der Waals surface area contributed by atoms with Crippen molar-refractivity contribution in [1.82, 2.24) is 9.55 Å². The SMILES string of the molecule is CC(C)(C)[Si](C)(C)OCC1Cn2cc(C(N)=O)nc2-c2cc(Br)ccc2O1. The van der Waals surface area contributed by atoms with Crippen LogP contribution in [0.25, 0.3) is 11.4 Å². The van der Waals surface area contributed by atoms with E-state index in [9.17, 15) is 4.79 Å². The lowest BCUT2D eigenvalue weighted by Gasteiger charge is -2.37. The van der Waals surface area contributed by atoms with Gasteiger partial charge in [0.25, 0.3) is 5.91 Å². The van der Waals surface area contributed by atoms with E-state index in [1.54, 1.807) is 6.20 Å². The van der Waals surface area contributed by atoms with Gasteiger partial charge >= 0.3 is 0 Å². The van der Waals surface area contributed by atoms with Crippen molar-refractivity contribution in [2.45, 2.75) is 51.6 Å². The summed E-state index contributed by atoms with van der Waals surface area (Å²) in [5.74, 6) is 0.861. The quantitative estimate of drug-likeness (QED) is 0.706. The third-order valence-corrected chi connectivity index (χ3v) is 10.3. The number of benzene rings is 1. The summed E-state index contributed by atoms with van der Waals surface area (Å²) >= 11 is 3.49. The molecule has 0 radical (unpaired) electrons. The lowest BCUT2D eigenvalue weighted by Crippen LogP contribution is -2.44. The highest BCUT2D eigenvalue weighted by atomic mass is 79.9. The van der Waals surface area contributed by atoms with E-state index in [-0.39, 0.29) is 16.8 Å². The van der Waals surface area contributed by atoms with Crippen LogP contribution in [0.5, 0.6) is 5.75 Å². The van der Waals surface area contributed by atoms with Crippen LogP contribution in [0.15, 0.2) is 28.9 Å². The standard InChI is InChI=1S/C19H26BrN3O3Si/c1-19(2,3)27(4,5)25-11-13-9-23-10-15(17(21)24)22-18(23)14-8-12(20)6-7-16(14)26-13/h6-8,10,13H,9,11H2,1-5H3,(H2,21,24). The highest BCUT2D eigenvalue weighted by molar-refractivity contribution is 9.10. The number of hydrogen-bond acceptors (Lipinski definition) is 4. The van der Waals surface area contributed by atoms with Crippen LogP contribution in [0.3, 0.4) is 0 Å². The molecule has 1 aromatic carbocycles. The van der Waals surface area contributed by atoms with E-state index in [2.05, 4.69) is 54.8 Å². The minimum atomic E-state index is -1.90. The van der Waals surface area contributed by atoms with Gasteiger partial charge in [0.15, 0.2) is 8.32 Å². The van der Waals surface area contributed by atoms with Crippen LogP contribution in [-0.4, -0.2) is 36.5 Å². The molecule has 0 bridgehead atoms. The maximum absolute atomic E-state index is 11.6. The van der Waals surface area contributed by atoms with Crippen molar-refractivity contribution in [3.63, 3.8) is 0 Å². The number of amides is 1. The molecule has 2 aromatic rings. The highest BCUT2D eigenvalue weighted by Gasteiger charge is 2.38. The molecule has 2 heterocycles. The number of carbonyl (C=O) groups is 1. The van der Waals surface area contributed by atoms with Gasteiger partial charge in [-0.1, -0.05) is 36.7 Å². The van der Waals surface area contributed by atoms with Crippen molar-refractivity contribution >= 4 is 30.2 Å². The van der Waals surface area contributed by atoms with E-state index >= 15 is 0 Å². The van der Waals surface area contributed by atoms with Crippen LogP contribution >= 0.6 is 15.9 Å². The van der Waals surface area contributed by atoms with Gasteiger partial charge in [0.1, 0.15) is 23.4 Å². The van der Waals surface area contributed by atoms with Crippen LogP contribution in [-0.2, 0) is 11.0 Å². The van der Waals surface area contributed by atoms with E-state index in [1.807, 2.05) is 22.8 Å². The molecular weight excluding hydrogens is 426 g/mol. The minimum Gasteiger partial charge on any atom is -0.485 e. The van der Waals surface area contributed by atoms with E-state index < -0.39 is 14.2 Å². The second-order valence-electron chi connectivity index (χ2n) is 8.42. The number of halogens is 1. The fourth-order valence-electron chi connectivity index (χ4n) is 2.71. The Kier molecular flexibility index (Phi) is 5.26. The van der Waals surface area contributed by atoms with Crippen molar-refractivity contribution in [3.05, 3.63) is 34.6 Å². The molecule has 1 aliphatic rings. The first-order chi connectivity index (χ1) is 12.5. The first-order valence-corrected chi connectivity index (χ1v) is 12.7. The fourth-order valence-corrected chi connectivity index (χ4v) is 4.11. The Bertz CT molecular complexity index is 874. The number of ether oxygens (including phenoxy) is 1. The Morgan fingerprint density at radius 1 is 1.44 bits per heavy atom. The summed E-state index contributed by atoms with van der Waals surface area (Å²) in [7, 11) is -1.90. The lowest BCUT2D eigenvalue weighted by atomic mass is 10.2. The molecule has 27 heavy (non-hydrogen) atoms. The summed E-state index contributed by atoms with van der Waals surface area (Å²) in [6, 6.07) is 5.78. The topological polar surface area (TPSA) is 79.4 Å². The maximum Gasteiger partial charge on any atom is 0.268 e. The molecule has 1 aromatic heterocycles. The zero-order chi connectivity index (χ0) is 20.0. The number of rotatable bonds is 4. The molecule has 0 spiro atoms. The number of carbonyl (C=O) groups excluding carboxylic acids is 1. The van der Waals surface area contributed by atoms with Gasteiger partial charge < -0.3 is 19.5 Å². The summed E-state index contributed by atoms with van der Waals surface area (Å²) < 4.78 is 15.5. The summed E-state index contributed by atoms with van der Waals surface area (Å²) in [6.07, 6.45) is 1.51. The van der Waals surface area contributed by atoms with E-state index in [4.69, 9.17) is 14.9 Å². The maximum atomic E-state index is 11.6. The van der Waals surface area contributed by atoms with Crippen LogP contribution in [0.2, 0.25) is 18.1 Å². The number of aromatic nitrogens is 2. The molecule has 0 fully saturated rings. The number of fused-ring (bicyclic) bond motifs is 3. The summed E-state index contributed by atoms with van der Waals surface area (Å²) in [4.78, 5) is 16.1. The molecule has 0 saturated heterocycles. The number of nitrogens with zero attached hydrogens (tertiary/aromatic N) is 2. The average Bonchev–Trinajstić information content (AvgIpc) is 2.91. The molecule has 1 amide bonds. The fraction of sp³-hybridized carbons (Fsp3) is 0.474. The summed E-state index contributed by atoms with van der Waals surface area (Å²) in [6.45, 7) is 12.1. The molecular formula is C19H26BrN3O3Si. The summed E-state index contributed by atoms with van der Waals surface area (Å²) in [5, 5.41) is 0.125. The van der Waals surface area contributed by atoms with Crippen LogP contribution < -0.4 is 10.5 Å².